The molecule has 15 heavy (non-hydrogen) atoms. The highest BCUT2D eigenvalue weighted by Crippen LogP contribution is 2.15. The summed E-state index contributed by atoms with van der Waals surface area (Å²) in [4.78, 5) is 8.45. The lowest BCUT2D eigenvalue weighted by atomic mass is 10.6. The van der Waals surface area contributed by atoms with Gasteiger partial charge in [-0.15, -0.1) is 0 Å². The fraction of sp³-hybridized carbons (Fsp3) is 0.250. The van der Waals surface area contributed by atoms with Gasteiger partial charge in [0.2, 0.25) is 0 Å². The van der Waals surface area contributed by atoms with E-state index in [1.807, 2.05) is 24.7 Å². The van der Waals surface area contributed by atoms with Gasteiger partial charge in [-0.2, -0.15) is 0 Å². The van der Waals surface area contributed by atoms with E-state index in [9.17, 15) is 0 Å². The molecule has 0 atom stereocenters. The summed E-state index contributed by atoms with van der Waals surface area (Å²) < 4.78 is 1.84. The Morgan fingerprint density at radius 2 is 2.27 bits per heavy atom. The molecule has 0 saturated carbocycles. The molecule has 2 rings (SSSR count). The van der Waals surface area contributed by atoms with E-state index in [0.29, 0.717) is 11.6 Å². The summed E-state index contributed by atoms with van der Waals surface area (Å²) in [6.45, 7) is 0. The van der Waals surface area contributed by atoms with E-state index >= 15 is 0 Å². The molecule has 0 amide bonds. The number of nitrogens with zero attached hydrogens (tertiary/aromatic N) is 4. The topological polar surface area (TPSA) is 83.5 Å². The van der Waals surface area contributed by atoms with Crippen LogP contribution in [0.3, 0.4) is 0 Å². The first-order valence-corrected chi connectivity index (χ1v) is 4.45. The van der Waals surface area contributed by atoms with Crippen LogP contribution in [0.1, 0.15) is 0 Å². The number of rotatable bonds is 3. The van der Waals surface area contributed by atoms with Crippen molar-refractivity contribution in [1.82, 2.24) is 19.4 Å². The zero-order valence-electron chi connectivity index (χ0n) is 8.60. The number of nitrogens with one attached hydrogen (secondary N) is 2. The summed E-state index contributed by atoms with van der Waals surface area (Å²) in [5.74, 6) is 6.55. The van der Waals surface area contributed by atoms with Crippen LogP contribution in [-0.4, -0.2) is 33.5 Å². The van der Waals surface area contributed by atoms with Crippen LogP contribution in [0, 0.1) is 0 Å². The second kappa shape index (κ2) is 3.71. The molecule has 2 aromatic heterocycles. The number of anilines is 2. The van der Waals surface area contributed by atoms with Crippen molar-refractivity contribution in [3.05, 3.63) is 18.6 Å². The highest BCUT2D eigenvalue weighted by Gasteiger charge is 2.06. The van der Waals surface area contributed by atoms with Crippen LogP contribution in [0.25, 0.3) is 5.65 Å². The second-order valence-electron chi connectivity index (χ2n) is 3.28. The lowest BCUT2D eigenvalue weighted by Gasteiger charge is -2.14. The van der Waals surface area contributed by atoms with E-state index in [4.69, 9.17) is 5.84 Å². The van der Waals surface area contributed by atoms with Crippen molar-refractivity contribution in [2.45, 2.75) is 0 Å². The maximum atomic E-state index is 5.32. The molecular weight excluding hydrogens is 194 g/mol. The van der Waals surface area contributed by atoms with E-state index in [-0.39, 0.29) is 0 Å². The smallest absolute Gasteiger partial charge is 0.186 e. The first-order chi connectivity index (χ1) is 7.20. The molecule has 80 valence electrons. The van der Waals surface area contributed by atoms with Crippen LogP contribution < -0.4 is 16.7 Å². The summed E-state index contributed by atoms with van der Waals surface area (Å²) in [5, 5.41) is 1.79. The van der Waals surface area contributed by atoms with E-state index < -0.39 is 0 Å². The van der Waals surface area contributed by atoms with Gasteiger partial charge >= 0.3 is 0 Å². The van der Waals surface area contributed by atoms with Crippen LogP contribution in [0.4, 0.5) is 11.6 Å². The summed E-state index contributed by atoms with van der Waals surface area (Å²) >= 11 is 0. The predicted molar refractivity (Wildman–Crippen MR) is 58.1 cm³/mol. The van der Waals surface area contributed by atoms with Gasteiger partial charge in [-0.3, -0.25) is 0 Å². The van der Waals surface area contributed by atoms with Gasteiger partial charge in [-0.25, -0.2) is 20.8 Å². The van der Waals surface area contributed by atoms with Gasteiger partial charge in [0, 0.05) is 26.5 Å². The maximum absolute atomic E-state index is 5.32. The number of hydrazine groups is 2. The molecule has 4 N–H and O–H groups in total. The van der Waals surface area contributed by atoms with Crippen LogP contribution >= 0.6 is 0 Å². The van der Waals surface area contributed by atoms with Gasteiger partial charge in [0.15, 0.2) is 17.3 Å². The summed E-state index contributed by atoms with van der Waals surface area (Å²) in [7, 11) is 3.76. The van der Waals surface area contributed by atoms with Crippen LogP contribution in [-0.2, 0) is 0 Å². The van der Waals surface area contributed by atoms with Gasteiger partial charge < -0.3 is 15.3 Å². The molecule has 0 aliphatic heterocycles. The van der Waals surface area contributed by atoms with Crippen molar-refractivity contribution in [2.75, 3.05) is 24.9 Å². The zero-order valence-corrected chi connectivity index (χ0v) is 8.60. The first kappa shape index (κ1) is 9.69. The van der Waals surface area contributed by atoms with Gasteiger partial charge in [-0.1, -0.05) is 0 Å². The second-order valence-corrected chi connectivity index (χ2v) is 3.28. The number of fused-ring (bicyclic) bond motifs is 1. The average molecular weight is 207 g/mol. The first-order valence-electron chi connectivity index (χ1n) is 4.45. The third-order valence-electron chi connectivity index (χ3n) is 1.85. The van der Waals surface area contributed by atoms with Crippen molar-refractivity contribution >= 4 is 17.3 Å². The Labute approximate surface area is 86.9 Å². The molecule has 0 aliphatic carbocycles. The molecule has 0 saturated heterocycles. The minimum atomic E-state index is 0.574. The van der Waals surface area contributed by atoms with Crippen molar-refractivity contribution < 1.29 is 0 Å². The van der Waals surface area contributed by atoms with E-state index in [0.717, 1.165) is 5.65 Å². The summed E-state index contributed by atoms with van der Waals surface area (Å²) in [5.41, 5.74) is 6.31. The Hall–Kier alpha value is -1.86. The standard InChI is InChI=1S/C8H13N7/c1-14(2)13-7-8-10-3-4-15(8)5-6(11-7)12-9/h3-5,12H,9H2,1-2H3,(H,11,13). The van der Waals surface area contributed by atoms with Gasteiger partial charge in [0.1, 0.15) is 0 Å². The summed E-state index contributed by atoms with van der Waals surface area (Å²) in [6.07, 6.45) is 5.31. The minimum Gasteiger partial charge on any atom is -0.307 e. The molecule has 0 aliphatic rings. The highest BCUT2D eigenvalue weighted by atomic mass is 15.5. The largest absolute Gasteiger partial charge is 0.307 e. The molecule has 2 aromatic rings. The SMILES string of the molecule is CN(C)Nc1nc(NN)cn2ccnc12. The number of imidazole rings is 1. The predicted octanol–water partition coefficient (Wildman–Crippen LogP) is -0.0966. The van der Waals surface area contributed by atoms with Gasteiger partial charge in [-0.05, 0) is 0 Å². The number of hydrogen-bond donors (Lipinski definition) is 3. The lowest BCUT2D eigenvalue weighted by molar-refractivity contribution is 0.493. The normalized spacial score (nSPS) is 10.9. The highest BCUT2D eigenvalue weighted by molar-refractivity contribution is 5.64. The Morgan fingerprint density at radius 1 is 1.47 bits per heavy atom. The average Bonchev–Trinajstić information content (AvgIpc) is 2.64. The Bertz CT molecular complexity index is 461. The molecule has 0 radical (unpaired) electrons. The fourth-order valence-electron chi connectivity index (χ4n) is 1.29. The van der Waals surface area contributed by atoms with Crippen molar-refractivity contribution in [3.8, 4) is 0 Å². The molecule has 0 unspecified atom stereocenters. The Balaban J connectivity index is 2.53. The third-order valence-corrected chi connectivity index (χ3v) is 1.85. The minimum absolute atomic E-state index is 0.574. The molecule has 0 aromatic carbocycles. The number of aromatic nitrogens is 3. The van der Waals surface area contributed by atoms with Crippen molar-refractivity contribution in [1.29, 1.82) is 0 Å². The maximum Gasteiger partial charge on any atom is 0.186 e. The molecular formula is C8H13N7. The summed E-state index contributed by atoms with van der Waals surface area (Å²) in [6, 6.07) is 0. The molecule has 0 fully saturated rings. The Morgan fingerprint density at radius 3 is 2.93 bits per heavy atom. The van der Waals surface area contributed by atoms with Crippen LogP contribution in [0.15, 0.2) is 18.6 Å². The van der Waals surface area contributed by atoms with E-state index in [2.05, 4.69) is 20.8 Å². The molecule has 0 bridgehead atoms. The Kier molecular flexibility index (Phi) is 2.40. The lowest BCUT2D eigenvalue weighted by Crippen LogP contribution is -2.22. The van der Waals surface area contributed by atoms with E-state index in [1.165, 1.54) is 0 Å². The quantitative estimate of drug-likeness (QED) is 0.481. The number of nitrogens with two attached hydrogens (primary N) is 1. The third kappa shape index (κ3) is 1.83. The van der Waals surface area contributed by atoms with Gasteiger partial charge in [0.25, 0.3) is 0 Å². The molecule has 2 heterocycles. The van der Waals surface area contributed by atoms with Gasteiger partial charge in [0.05, 0.1) is 6.20 Å². The molecule has 7 nitrogen and oxygen atoms in total. The van der Waals surface area contributed by atoms with Crippen LogP contribution in [0.5, 0.6) is 0 Å². The number of hydrogen-bond acceptors (Lipinski definition) is 6. The fourth-order valence-corrected chi connectivity index (χ4v) is 1.29. The van der Waals surface area contributed by atoms with Crippen molar-refractivity contribution in [3.63, 3.8) is 0 Å². The van der Waals surface area contributed by atoms with Crippen LogP contribution in [0.2, 0.25) is 0 Å². The number of nitrogen functional groups attached to an aromatic ring is 1. The molecule has 7 heteroatoms. The molecule has 0 spiro atoms. The van der Waals surface area contributed by atoms with Crippen molar-refractivity contribution in [2.24, 2.45) is 5.84 Å². The zero-order chi connectivity index (χ0) is 10.8. The van der Waals surface area contributed by atoms with E-state index in [1.54, 1.807) is 17.4 Å². The monoisotopic (exact) mass is 207 g/mol.